The van der Waals surface area contributed by atoms with Gasteiger partial charge in [0.2, 0.25) is 0 Å². The molecule has 4 nitrogen and oxygen atoms in total. The zero-order valence-electron chi connectivity index (χ0n) is 11.8. The van der Waals surface area contributed by atoms with E-state index in [1.807, 2.05) is 6.07 Å². The normalized spacial score (nSPS) is 16.9. The standard InChI is InChI=1S/C15H20BrN3O/c1-12-17-14-4-3-13(16)11-15(14)19(12)6-2-5-18-7-9-20-10-8-18/h3-4,11H,2,5-10H2,1H3. The number of aromatic nitrogens is 2. The number of fused-ring (bicyclic) bond motifs is 1. The second-order valence-electron chi connectivity index (χ2n) is 5.25. The van der Waals surface area contributed by atoms with Crippen molar-refractivity contribution in [3.05, 3.63) is 28.5 Å². The maximum atomic E-state index is 5.38. The van der Waals surface area contributed by atoms with E-state index < -0.39 is 0 Å². The third-order valence-corrected chi connectivity index (χ3v) is 4.35. The molecule has 1 aliphatic heterocycles. The van der Waals surface area contributed by atoms with Crippen molar-refractivity contribution in [1.29, 1.82) is 0 Å². The van der Waals surface area contributed by atoms with Crippen LogP contribution in [0.3, 0.4) is 0 Å². The minimum atomic E-state index is 0.875. The van der Waals surface area contributed by atoms with E-state index in [1.54, 1.807) is 0 Å². The minimum Gasteiger partial charge on any atom is -0.379 e. The van der Waals surface area contributed by atoms with E-state index in [1.165, 1.54) is 5.52 Å². The van der Waals surface area contributed by atoms with E-state index in [9.17, 15) is 0 Å². The summed E-state index contributed by atoms with van der Waals surface area (Å²) in [6.45, 7) is 8.12. The molecule has 0 amide bonds. The first-order valence-corrected chi connectivity index (χ1v) is 7.96. The summed E-state index contributed by atoms with van der Waals surface area (Å²) >= 11 is 3.54. The smallest absolute Gasteiger partial charge is 0.106 e. The molecule has 1 fully saturated rings. The number of imidazole rings is 1. The predicted octanol–water partition coefficient (Wildman–Crippen LogP) is 2.83. The number of aryl methyl sites for hydroxylation is 2. The summed E-state index contributed by atoms with van der Waals surface area (Å²) < 4.78 is 8.81. The summed E-state index contributed by atoms with van der Waals surface area (Å²) in [5, 5.41) is 0. The fraction of sp³-hybridized carbons (Fsp3) is 0.533. The van der Waals surface area contributed by atoms with Crippen molar-refractivity contribution in [2.75, 3.05) is 32.8 Å². The lowest BCUT2D eigenvalue weighted by atomic mass is 10.3. The molecule has 0 spiro atoms. The van der Waals surface area contributed by atoms with Crippen LogP contribution < -0.4 is 0 Å². The highest BCUT2D eigenvalue weighted by Crippen LogP contribution is 2.21. The van der Waals surface area contributed by atoms with Crippen molar-refractivity contribution in [3.63, 3.8) is 0 Å². The van der Waals surface area contributed by atoms with Crippen LogP contribution in [0.5, 0.6) is 0 Å². The topological polar surface area (TPSA) is 30.3 Å². The van der Waals surface area contributed by atoms with Gasteiger partial charge >= 0.3 is 0 Å². The molecule has 0 bridgehead atoms. The Morgan fingerprint density at radius 2 is 2.05 bits per heavy atom. The lowest BCUT2D eigenvalue weighted by Crippen LogP contribution is -2.37. The van der Waals surface area contributed by atoms with Crippen molar-refractivity contribution in [1.82, 2.24) is 14.5 Å². The number of morpholine rings is 1. The first-order chi connectivity index (χ1) is 9.74. The molecule has 1 aromatic carbocycles. The zero-order chi connectivity index (χ0) is 13.9. The highest BCUT2D eigenvalue weighted by molar-refractivity contribution is 9.10. The predicted molar refractivity (Wildman–Crippen MR) is 84.0 cm³/mol. The molecule has 0 saturated carbocycles. The average molecular weight is 338 g/mol. The van der Waals surface area contributed by atoms with Crippen LogP contribution >= 0.6 is 15.9 Å². The zero-order valence-corrected chi connectivity index (χ0v) is 13.4. The van der Waals surface area contributed by atoms with E-state index in [-0.39, 0.29) is 0 Å². The van der Waals surface area contributed by atoms with Gasteiger partial charge in [-0.2, -0.15) is 0 Å². The van der Waals surface area contributed by atoms with E-state index in [4.69, 9.17) is 4.74 Å². The molecule has 1 aromatic heterocycles. The molecule has 1 aliphatic rings. The number of benzene rings is 1. The van der Waals surface area contributed by atoms with Gasteiger partial charge in [0, 0.05) is 30.7 Å². The van der Waals surface area contributed by atoms with Gasteiger partial charge in [-0.05, 0) is 31.5 Å². The molecule has 1 saturated heterocycles. The Kier molecular flexibility index (Phi) is 4.38. The fourth-order valence-corrected chi connectivity index (χ4v) is 3.12. The molecule has 2 aromatic rings. The fourth-order valence-electron chi connectivity index (χ4n) is 2.78. The Morgan fingerprint density at radius 1 is 1.25 bits per heavy atom. The number of hydrogen-bond acceptors (Lipinski definition) is 3. The van der Waals surface area contributed by atoms with Crippen LogP contribution in [-0.4, -0.2) is 47.3 Å². The summed E-state index contributed by atoms with van der Waals surface area (Å²) in [4.78, 5) is 7.11. The molecule has 3 rings (SSSR count). The van der Waals surface area contributed by atoms with Crippen molar-refractivity contribution in [2.45, 2.75) is 19.9 Å². The molecule has 20 heavy (non-hydrogen) atoms. The van der Waals surface area contributed by atoms with Crippen LogP contribution in [0.1, 0.15) is 12.2 Å². The Balaban J connectivity index is 1.67. The van der Waals surface area contributed by atoms with Gasteiger partial charge in [0.05, 0.1) is 24.2 Å². The molecule has 0 N–H and O–H groups in total. The summed E-state index contributed by atoms with van der Waals surface area (Å²) in [5.74, 6) is 1.10. The minimum absolute atomic E-state index is 0.875. The van der Waals surface area contributed by atoms with Gasteiger partial charge in [0.15, 0.2) is 0 Å². The third-order valence-electron chi connectivity index (χ3n) is 3.86. The summed E-state index contributed by atoms with van der Waals surface area (Å²) in [5.41, 5.74) is 2.30. The summed E-state index contributed by atoms with van der Waals surface area (Å²) in [6.07, 6.45) is 1.15. The molecule has 0 radical (unpaired) electrons. The van der Waals surface area contributed by atoms with Crippen molar-refractivity contribution >= 4 is 27.0 Å². The van der Waals surface area contributed by atoms with Gasteiger partial charge in [-0.15, -0.1) is 0 Å². The largest absolute Gasteiger partial charge is 0.379 e. The molecule has 108 valence electrons. The molecule has 2 heterocycles. The number of rotatable bonds is 4. The number of nitrogens with zero attached hydrogens (tertiary/aromatic N) is 3. The molecular weight excluding hydrogens is 318 g/mol. The molecule has 0 aliphatic carbocycles. The third kappa shape index (κ3) is 3.05. The first-order valence-electron chi connectivity index (χ1n) is 7.16. The van der Waals surface area contributed by atoms with Crippen LogP contribution in [-0.2, 0) is 11.3 Å². The van der Waals surface area contributed by atoms with Gasteiger partial charge in [0.1, 0.15) is 5.82 Å². The van der Waals surface area contributed by atoms with E-state index in [0.717, 1.165) is 61.6 Å². The summed E-state index contributed by atoms with van der Waals surface area (Å²) in [7, 11) is 0. The van der Waals surface area contributed by atoms with Crippen molar-refractivity contribution < 1.29 is 4.74 Å². The second kappa shape index (κ2) is 6.24. The van der Waals surface area contributed by atoms with E-state index in [0.29, 0.717) is 0 Å². The van der Waals surface area contributed by atoms with Gasteiger partial charge < -0.3 is 9.30 Å². The van der Waals surface area contributed by atoms with Gasteiger partial charge in [-0.1, -0.05) is 15.9 Å². The Hall–Kier alpha value is -0.910. The van der Waals surface area contributed by atoms with E-state index in [2.05, 4.69) is 49.4 Å². The van der Waals surface area contributed by atoms with Crippen LogP contribution in [0.4, 0.5) is 0 Å². The Morgan fingerprint density at radius 3 is 2.85 bits per heavy atom. The number of ether oxygens (including phenoxy) is 1. The van der Waals surface area contributed by atoms with Crippen LogP contribution in [0, 0.1) is 6.92 Å². The quantitative estimate of drug-likeness (QED) is 0.859. The summed E-state index contributed by atoms with van der Waals surface area (Å²) in [6, 6.07) is 6.28. The maximum absolute atomic E-state index is 5.38. The molecule has 5 heteroatoms. The average Bonchev–Trinajstić information content (AvgIpc) is 2.76. The second-order valence-corrected chi connectivity index (χ2v) is 6.17. The first kappa shape index (κ1) is 14.0. The van der Waals surface area contributed by atoms with Crippen LogP contribution in [0.25, 0.3) is 11.0 Å². The molecule has 0 atom stereocenters. The molecule has 0 unspecified atom stereocenters. The Labute approximate surface area is 127 Å². The highest BCUT2D eigenvalue weighted by Gasteiger charge is 2.11. The van der Waals surface area contributed by atoms with Crippen LogP contribution in [0.2, 0.25) is 0 Å². The molecular formula is C15H20BrN3O. The van der Waals surface area contributed by atoms with Gasteiger partial charge in [0.25, 0.3) is 0 Å². The van der Waals surface area contributed by atoms with Crippen molar-refractivity contribution in [2.24, 2.45) is 0 Å². The van der Waals surface area contributed by atoms with Crippen molar-refractivity contribution in [3.8, 4) is 0 Å². The lowest BCUT2D eigenvalue weighted by Gasteiger charge is -2.26. The SMILES string of the molecule is Cc1nc2ccc(Br)cc2n1CCCN1CCOCC1. The Bertz CT molecular complexity index is 590. The van der Waals surface area contributed by atoms with E-state index >= 15 is 0 Å². The number of hydrogen-bond donors (Lipinski definition) is 0. The maximum Gasteiger partial charge on any atom is 0.106 e. The monoisotopic (exact) mass is 337 g/mol. The number of halogens is 1. The van der Waals surface area contributed by atoms with Gasteiger partial charge in [-0.3, -0.25) is 4.90 Å². The lowest BCUT2D eigenvalue weighted by molar-refractivity contribution is 0.0369. The van der Waals surface area contributed by atoms with Crippen LogP contribution in [0.15, 0.2) is 22.7 Å². The van der Waals surface area contributed by atoms with Gasteiger partial charge in [-0.25, -0.2) is 4.98 Å². The highest BCUT2D eigenvalue weighted by atomic mass is 79.9.